The van der Waals surface area contributed by atoms with E-state index in [0.717, 1.165) is 38.2 Å². The molecule has 0 aliphatic carbocycles. The Kier molecular flexibility index (Phi) is 6.43. The number of rotatable bonds is 6. The second kappa shape index (κ2) is 9.80. The number of amides is 1. The lowest BCUT2D eigenvalue weighted by molar-refractivity contribution is -0.125. The van der Waals surface area contributed by atoms with E-state index in [-0.39, 0.29) is 17.9 Å². The van der Waals surface area contributed by atoms with Gasteiger partial charge < -0.3 is 19.9 Å². The van der Waals surface area contributed by atoms with E-state index in [1.54, 1.807) is 7.11 Å². The molecule has 0 radical (unpaired) electrons. The number of benzene rings is 3. The number of carbonyl (C=O) groups is 1. The highest BCUT2D eigenvalue weighted by Crippen LogP contribution is 2.39. The molecule has 1 amide bonds. The quantitative estimate of drug-likeness (QED) is 0.604. The zero-order valence-electron chi connectivity index (χ0n) is 20.0. The predicted octanol–water partition coefficient (Wildman–Crippen LogP) is 4.23. The summed E-state index contributed by atoms with van der Waals surface area (Å²) in [5.41, 5.74) is 6.17. The summed E-state index contributed by atoms with van der Waals surface area (Å²) in [7, 11) is 1.71. The highest BCUT2D eigenvalue weighted by atomic mass is 16.5. The zero-order valence-corrected chi connectivity index (χ0v) is 20.0. The zero-order chi connectivity index (χ0) is 23.5. The Morgan fingerprint density at radius 2 is 1.82 bits per heavy atom. The topological polar surface area (TPSA) is 44.8 Å². The minimum absolute atomic E-state index is 0.0927. The van der Waals surface area contributed by atoms with E-state index in [9.17, 15) is 4.79 Å². The van der Waals surface area contributed by atoms with Crippen molar-refractivity contribution >= 4 is 17.3 Å². The first kappa shape index (κ1) is 22.3. The van der Waals surface area contributed by atoms with Crippen molar-refractivity contribution in [2.75, 3.05) is 43.1 Å². The summed E-state index contributed by atoms with van der Waals surface area (Å²) in [5, 5.41) is 3.24. The molecule has 2 aliphatic rings. The normalized spacial score (nSPS) is 19.2. The second-order valence-corrected chi connectivity index (χ2v) is 9.37. The Balaban J connectivity index is 1.37. The number of aryl methyl sites for hydroxylation is 1. The first-order valence-electron chi connectivity index (χ1n) is 12.2. The van der Waals surface area contributed by atoms with Crippen molar-refractivity contribution in [3.63, 3.8) is 0 Å². The van der Waals surface area contributed by atoms with Gasteiger partial charge in [-0.15, -0.1) is 0 Å². The predicted molar refractivity (Wildman–Crippen MR) is 138 cm³/mol. The number of nitrogens with one attached hydrogen (secondary N) is 1. The van der Waals surface area contributed by atoms with Crippen molar-refractivity contribution in [1.29, 1.82) is 0 Å². The van der Waals surface area contributed by atoms with Gasteiger partial charge in [0.2, 0.25) is 5.91 Å². The Morgan fingerprint density at radius 3 is 2.59 bits per heavy atom. The minimum Gasteiger partial charge on any atom is -0.497 e. The van der Waals surface area contributed by atoms with Crippen LogP contribution in [0, 0.1) is 12.8 Å². The number of fused-ring (bicyclic) bond motifs is 3. The smallest absolute Gasteiger partial charge is 0.225 e. The van der Waals surface area contributed by atoms with Crippen LogP contribution < -0.4 is 19.9 Å². The lowest BCUT2D eigenvalue weighted by atomic mass is 9.83. The van der Waals surface area contributed by atoms with Gasteiger partial charge in [0.05, 0.1) is 19.1 Å². The van der Waals surface area contributed by atoms with E-state index in [4.69, 9.17) is 4.74 Å². The van der Waals surface area contributed by atoms with Crippen LogP contribution >= 0.6 is 0 Å². The third-order valence-corrected chi connectivity index (χ3v) is 7.22. The van der Waals surface area contributed by atoms with Crippen LogP contribution in [0.15, 0.2) is 72.8 Å². The lowest BCUT2D eigenvalue weighted by Crippen LogP contribution is -2.61. The van der Waals surface area contributed by atoms with Crippen molar-refractivity contribution in [2.24, 2.45) is 5.92 Å². The molecule has 1 saturated heterocycles. The Hall–Kier alpha value is -3.47. The summed E-state index contributed by atoms with van der Waals surface area (Å²) in [4.78, 5) is 18.3. The molecule has 0 unspecified atom stereocenters. The summed E-state index contributed by atoms with van der Waals surface area (Å²) in [6, 6.07) is 25.4. The fourth-order valence-corrected chi connectivity index (χ4v) is 5.30. The van der Waals surface area contributed by atoms with Crippen molar-refractivity contribution in [1.82, 2.24) is 5.32 Å². The maximum atomic E-state index is 13.5. The van der Waals surface area contributed by atoms with Crippen LogP contribution in [-0.4, -0.2) is 45.2 Å². The van der Waals surface area contributed by atoms with E-state index in [1.807, 2.05) is 24.3 Å². The van der Waals surface area contributed by atoms with Gasteiger partial charge in [-0.25, -0.2) is 0 Å². The summed E-state index contributed by atoms with van der Waals surface area (Å²) in [5.74, 6) is 0.923. The SMILES string of the molecule is COc1ccc2c(c1)N1CCN(c3ccc(C)cc3)C[C@@H]1[C@@H](C(=O)NCCc1ccccc1)C2. The summed E-state index contributed by atoms with van der Waals surface area (Å²) < 4.78 is 5.51. The number of ether oxygens (including phenoxy) is 1. The number of hydrogen-bond acceptors (Lipinski definition) is 4. The van der Waals surface area contributed by atoms with Crippen molar-refractivity contribution in [3.8, 4) is 5.75 Å². The van der Waals surface area contributed by atoms with Crippen LogP contribution in [0.25, 0.3) is 0 Å². The largest absolute Gasteiger partial charge is 0.497 e. The van der Waals surface area contributed by atoms with Gasteiger partial charge in [0.25, 0.3) is 0 Å². The third kappa shape index (κ3) is 4.60. The molecule has 5 rings (SSSR count). The molecular formula is C29H33N3O2. The monoisotopic (exact) mass is 455 g/mol. The van der Waals surface area contributed by atoms with Gasteiger partial charge in [0, 0.05) is 43.6 Å². The molecule has 2 aliphatic heterocycles. The Labute approximate surface area is 202 Å². The Morgan fingerprint density at radius 1 is 1.03 bits per heavy atom. The Bertz CT molecular complexity index is 1130. The third-order valence-electron chi connectivity index (χ3n) is 7.22. The van der Waals surface area contributed by atoms with Gasteiger partial charge in [-0.05, 0) is 49.1 Å². The van der Waals surface area contributed by atoms with E-state index in [2.05, 4.69) is 70.6 Å². The van der Waals surface area contributed by atoms with Gasteiger partial charge in [-0.3, -0.25) is 4.79 Å². The molecule has 0 aromatic heterocycles. The number of carbonyl (C=O) groups excluding carboxylic acids is 1. The fraction of sp³-hybridized carbons (Fsp3) is 0.345. The lowest BCUT2D eigenvalue weighted by Gasteiger charge is -2.49. The number of hydrogen-bond donors (Lipinski definition) is 1. The molecule has 2 atom stereocenters. The van der Waals surface area contributed by atoms with E-state index in [0.29, 0.717) is 6.54 Å². The molecule has 2 heterocycles. The first-order chi connectivity index (χ1) is 16.6. The number of methoxy groups -OCH3 is 1. The molecule has 3 aromatic carbocycles. The van der Waals surface area contributed by atoms with Gasteiger partial charge in [-0.2, -0.15) is 0 Å². The fourth-order valence-electron chi connectivity index (χ4n) is 5.30. The minimum atomic E-state index is -0.0927. The van der Waals surface area contributed by atoms with Gasteiger partial charge >= 0.3 is 0 Å². The molecule has 1 fully saturated rings. The van der Waals surface area contributed by atoms with Crippen molar-refractivity contribution < 1.29 is 9.53 Å². The van der Waals surface area contributed by atoms with E-state index >= 15 is 0 Å². The second-order valence-electron chi connectivity index (χ2n) is 9.37. The molecule has 176 valence electrons. The number of nitrogens with zero attached hydrogens (tertiary/aromatic N) is 2. The molecule has 34 heavy (non-hydrogen) atoms. The molecule has 0 spiro atoms. The van der Waals surface area contributed by atoms with Crippen molar-refractivity contribution in [2.45, 2.75) is 25.8 Å². The highest BCUT2D eigenvalue weighted by Gasteiger charge is 2.41. The molecule has 1 N–H and O–H groups in total. The van der Waals surface area contributed by atoms with Gasteiger partial charge in [0.15, 0.2) is 0 Å². The molecule has 3 aromatic rings. The maximum absolute atomic E-state index is 13.5. The number of anilines is 2. The van der Waals surface area contributed by atoms with Crippen LogP contribution in [0.4, 0.5) is 11.4 Å². The van der Waals surface area contributed by atoms with E-state index in [1.165, 1.54) is 28.1 Å². The average molecular weight is 456 g/mol. The van der Waals surface area contributed by atoms with Crippen LogP contribution in [0.3, 0.4) is 0 Å². The summed E-state index contributed by atoms with van der Waals surface area (Å²) >= 11 is 0. The standard InChI is InChI=1S/C29H33N3O2/c1-21-8-11-24(12-9-21)31-16-17-32-27-19-25(34-2)13-10-23(27)18-26(28(32)20-31)29(33)30-15-14-22-6-4-3-5-7-22/h3-13,19,26,28H,14-18,20H2,1-2H3,(H,30,33)/t26-,28+/m0/s1. The molecule has 0 bridgehead atoms. The molecular weight excluding hydrogens is 422 g/mol. The van der Waals surface area contributed by atoms with Crippen LogP contribution in [0.1, 0.15) is 16.7 Å². The first-order valence-corrected chi connectivity index (χ1v) is 12.2. The summed E-state index contributed by atoms with van der Waals surface area (Å²) in [6.07, 6.45) is 1.59. The van der Waals surface area contributed by atoms with Crippen LogP contribution in [-0.2, 0) is 17.6 Å². The molecule has 5 nitrogen and oxygen atoms in total. The molecule has 0 saturated carbocycles. The maximum Gasteiger partial charge on any atom is 0.225 e. The highest BCUT2D eigenvalue weighted by molar-refractivity contribution is 5.82. The summed E-state index contributed by atoms with van der Waals surface area (Å²) in [6.45, 7) is 5.41. The van der Waals surface area contributed by atoms with Gasteiger partial charge in [-0.1, -0.05) is 54.1 Å². The van der Waals surface area contributed by atoms with Gasteiger partial charge in [0.1, 0.15) is 5.75 Å². The number of piperazine rings is 1. The van der Waals surface area contributed by atoms with E-state index < -0.39 is 0 Å². The average Bonchev–Trinajstić information content (AvgIpc) is 2.88. The van der Waals surface area contributed by atoms with Crippen LogP contribution in [0.2, 0.25) is 0 Å². The molecule has 5 heteroatoms. The van der Waals surface area contributed by atoms with Crippen LogP contribution in [0.5, 0.6) is 5.75 Å². The van der Waals surface area contributed by atoms with Crippen molar-refractivity contribution in [3.05, 3.63) is 89.5 Å².